The Hall–Kier alpha value is -3.96. The van der Waals surface area contributed by atoms with Crippen molar-refractivity contribution in [2.45, 2.75) is 65.3 Å². The fourth-order valence-electron chi connectivity index (χ4n) is 3.22. The van der Waals surface area contributed by atoms with Gasteiger partial charge in [-0.3, -0.25) is 19.0 Å². The summed E-state index contributed by atoms with van der Waals surface area (Å²) in [7, 11) is 2.47. The number of fused-ring (bicyclic) bond motifs is 1. The summed E-state index contributed by atoms with van der Waals surface area (Å²) in [6, 6.07) is 0.656. The molecule has 0 aromatic carbocycles. The number of anilines is 1. The maximum atomic E-state index is 12.2. The van der Waals surface area contributed by atoms with Gasteiger partial charge in [-0.1, -0.05) is 26.8 Å². The van der Waals surface area contributed by atoms with Crippen molar-refractivity contribution in [3.05, 3.63) is 18.5 Å². The zero-order valence-electron chi connectivity index (χ0n) is 21.9. The van der Waals surface area contributed by atoms with E-state index in [1.807, 2.05) is 6.08 Å². The normalized spacial score (nSPS) is 12.4. The van der Waals surface area contributed by atoms with E-state index < -0.39 is 23.4 Å². The highest BCUT2D eigenvalue weighted by molar-refractivity contribution is 5.94. The first-order chi connectivity index (χ1) is 17.5. The number of carbonyl (C=O) groups excluding carboxylic acids is 4. The third kappa shape index (κ3) is 8.89. The van der Waals surface area contributed by atoms with Crippen LogP contribution >= 0.6 is 0 Å². The van der Waals surface area contributed by atoms with Gasteiger partial charge in [0, 0.05) is 24.5 Å². The van der Waals surface area contributed by atoms with E-state index in [1.165, 1.54) is 25.1 Å². The molecule has 2 heterocycles. The number of aromatic hydroxyl groups is 1. The standard InChI is InChI=1S/C25H35N5O7/c1-25(2,3)24(35)29-18-14-16-21(28-18)26-15-30(22(16)33)13-9-7-6-8-10-19(31)27-17(23(34)37-5)11-12-20(32)36-4/h9,13-15,17,33H,6-8,10-12H2,1-5H3,(H,27,31)(H,29,35)/b13-9+/t17-/m0/s1. The largest absolute Gasteiger partial charge is 0.494 e. The van der Waals surface area contributed by atoms with E-state index >= 15 is 0 Å². The molecule has 0 saturated carbocycles. The Bertz CT molecular complexity index is 1100. The van der Waals surface area contributed by atoms with Crippen molar-refractivity contribution in [3.8, 4) is 17.3 Å². The van der Waals surface area contributed by atoms with Crippen LogP contribution < -0.4 is 10.6 Å². The first-order valence-corrected chi connectivity index (χ1v) is 11.9. The van der Waals surface area contributed by atoms with Gasteiger partial charge in [-0.2, -0.15) is 0 Å². The molecule has 12 heteroatoms. The SMILES string of the molecule is COC(=O)CC[C@H](NC(=O)CCCC/C=C/n1cnc2nc(NC(=O)C(C)(C)C)cc-2c1O)C(=O)OC. The number of methoxy groups -OCH3 is 2. The van der Waals surface area contributed by atoms with Crippen LogP contribution in [0.2, 0.25) is 0 Å². The minimum absolute atomic E-state index is 0.0137. The summed E-state index contributed by atoms with van der Waals surface area (Å²) in [4.78, 5) is 56.0. The maximum absolute atomic E-state index is 12.2. The van der Waals surface area contributed by atoms with E-state index in [4.69, 9.17) is 0 Å². The quantitative estimate of drug-likeness (QED) is 0.284. The van der Waals surface area contributed by atoms with Crippen molar-refractivity contribution in [2.75, 3.05) is 19.5 Å². The summed E-state index contributed by atoms with van der Waals surface area (Å²) in [5.74, 6) is -1.04. The molecule has 0 saturated heterocycles. The zero-order valence-corrected chi connectivity index (χ0v) is 21.9. The van der Waals surface area contributed by atoms with Gasteiger partial charge in [0.2, 0.25) is 17.7 Å². The molecule has 0 fully saturated rings. The predicted octanol–water partition coefficient (Wildman–Crippen LogP) is 2.72. The van der Waals surface area contributed by atoms with Crippen molar-refractivity contribution in [3.63, 3.8) is 0 Å². The van der Waals surface area contributed by atoms with Gasteiger partial charge in [-0.15, -0.1) is 0 Å². The monoisotopic (exact) mass is 517 g/mol. The number of hydrogen-bond acceptors (Lipinski definition) is 9. The van der Waals surface area contributed by atoms with Gasteiger partial charge in [0.05, 0.1) is 19.8 Å². The molecule has 202 valence electrons. The summed E-state index contributed by atoms with van der Waals surface area (Å²) >= 11 is 0. The van der Waals surface area contributed by atoms with E-state index in [2.05, 4.69) is 30.1 Å². The number of hydrogen-bond donors (Lipinski definition) is 3. The van der Waals surface area contributed by atoms with E-state index in [0.717, 1.165) is 0 Å². The summed E-state index contributed by atoms with van der Waals surface area (Å²) in [6.07, 6.45) is 7.08. The number of unbranched alkanes of at least 4 members (excludes halogenated alkanes) is 2. The van der Waals surface area contributed by atoms with Crippen LogP contribution in [0, 0.1) is 5.41 Å². The van der Waals surface area contributed by atoms with E-state index in [1.54, 1.807) is 33.0 Å². The Balaban J connectivity index is 1.84. The molecular formula is C25H35N5O7. The van der Waals surface area contributed by atoms with Crippen LogP contribution in [0.4, 0.5) is 5.82 Å². The lowest BCUT2D eigenvalue weighted by molar-refractivity contribution is -0.146. The number of nitrogens with one attached hydrogen (secondary N) is 2. The third-order valence-corrected chi connectivity index (χ3v) is 5.44. The lowest BCUT2D eigenvalue weighted by Crippen LogP contribution is -2.41. The maximum Gasteiger partial charge on any atom is 0.328 e. The van der Waals surface area contributed by atoms with Gasteiger partial charge in [-0.05, 0) is 31.7 Å². The van der Waals surface area contributed by atoms with Crippen LogP contribution in [-0.2, 0) is 28.7 Å². The van der Waals surface area contributed by atoms with Gasteiger partial charge >= 0.3 is 11.9 Å². The Morgan fingerprint density at radius 2 is 1.86 bits per heavy atom. The van der Waals surface area contributed by atoms with Crippen molar-refractivity contribution < 1.29 is 33.8 Å². The highest BCUT2D eigenvalue weighted by Gasteiger charge is 2.24. The molecule has 0 spiro atoms. The van der Waals surface area contributed by atoms with Gasteiger partial charge in [0.15, 0.2) is 5.82 Å². The van der Waals surface area contributed by atoms with Gasteiger partial charge in [-0.25, -0.2) is 14.8 Å². The number of amides is 2. The third-order valence-electron chi connectivity index (χ3n) is 5.44. The van der Waals surface area contributed by atoms with Crippen LogP contribution in [-0.4, -0.2) is 63.7 Å². The van der Waals surface area contributed by atoms with Crippen molar-refractivity contribution in [1.82, 2.24) is 19.9 Å². The smallest absolute Gasteiger partial charge is 0.328 e. The van der Waals surface area contributed by atoms with Gasteiger partial charge in [0.25, 0.3) is 0 Å². The predicted molar refractivity (Wildman–Crippen MR) is 135 cm³/mol. The molecule has 37 heavy (non-hydrogen) atoms. The molecule has 0 aromatic heterocycles. The van der Waals surface area contributed by atoms with E-state index in [-0.39, 0.29) is 37.0 Å². The molecule has 3 N–H and O–H groups in total. The lowest BCUT2D eigenvalue weighted by Gasteiger charge is -2.16. The fourth-order valence-corrected chi connectivity index (χ4v) is 3.22. The molecule has 2 amide bonds. The number of nitrogens with zero attached hydrogens (tertiary/aromatic N) is 3. The molecule has 2 aliphatic rings. The molecule has 0 aromatic rings. The molecule has 0 unspecified atom stereocenters. The highest BCUT2D eigenvalue weighted by Crippen LogP contribution is 2.32. The summed E-state index contributed by atoms with van der Waals surface area (Å²) in [5, 5.41) is 15.9. The number of esters is 2. The second-order valence-electron chi connectivity index (χ2n) is 9.45. The first kappa shape index (κ1) is 29.3. The first-order valence-electron chi connectivity index (χ1n) is 11.9. The van der Waals surface area contributed by atoms with Crippen molar-refractivity contribution in [2.24, 2.45) is 5.41 Å². The second-order valence-corrected chi connectivity index (χ2v) is 9.45. The number of allylic oxidation sites excluding steroid dienone is 1. The van der Waals surface area contributed by atoms with E-state index in [9.17, 15) is 24.3 Å². The Morgan fingerprint density at radius 3 is 2.51 bits per heavy atom. The second kappa shape index (κ2) is 13.4. The van der Waals surface area contributed by atoms with Gasteiger partial charge < -0.3 is 25.2 Å². The van der Waals surface area contributed by atoms with E-state index in [0.29, 0.717) is 36.5 Å². The number of rotatable bonds is 12. The van der Waals surface area contributed by atoms with Crippen LogP contribution in [0.25, 0.3) is 17.6 Å². The number of carbonyl (C=O) groups is 4. The average Bonchev–Trinajstić information content (AvgIpc) is 3.27. The molecule has 2 rings (SSSR count). The van der Waals surface area contributed by atoms with Crippen LogP contribution in [0.1, 0.15) is 59.3 Å². The molecule has 1 atom stereocenters. The highest BCUT2D eigenvalue weighted by atomic mass is 16.5. The zero-order chi connectivity index (χ0) is 27.6. The topological polar surface area (TPSA) is 162 Å². The van der Waals surface area contributed by atoms with Gasteiger partial charge in [0.1, 0.15) is 18.2 Å². The Kier molecular flexibility index (Phi) is 10.6. The van der Waals surface area contributed by atoms with Crippen molar-refractivity contribution >= 4 is 35.8 Å². The van der Waals surface area contributed by atoms with Crippen LogP contribution in [0.3, 0.4) is 0 Å². The molecule has 12 nitrogen and oxygen atoms in total. The summed E-state index contributed by atoms with van der Waals surface area (Å²) in [5.41, 5.74) is -0.183. The molecule has 0 bridgehead atoms. The summed E-state index contributed by atoms with van der Waals surface area (Å²) in [6.45, 7) is 5.37. The lowest BCUT2D eigenvalue weighted by atomic mass is 9.96. The van der Waals surface area contributed by atoms with Crippen LogP contribution in [0.5, 0.6) is 5.88 Å². The minimum Gasteiger partial charge on any atom is -0.494 e. The van der Waals surface area contributed by atoms with Crippen LogP contribution in [0.15, 0.2) is 18.5 Å². The average molecular weight is 518 g/mol. The Morgan fingerprint density at radius 1 is 1.14 bits per heavy atom. The minimum atomic E-state index is -0.911. The Labute approximate surface area is 215 Å². The summed E-state index contributed by atoms with van der Waals surface area (Å²) < 4.78 is 10.7. The number of ether oxygens (including phenoxy) is 2. The number of aromatic nitrogens is 3. The van der Waals surface area contributed by atoms with Crippen molar-refractivity contribution in [1.29, 1.82) is 0 Å². The molecular weight excluding hydrogens is 482 g/mol. The fraction of sp³-hybridized carbons (Fsp3) is 0.520. The molecule has 0 aliphatic carbocycles. The molecule has 0 radical (unpaired) electrons. The molecule has 2 aliphatic heterocycles.